The van der Waals surface area contributed by atoms with Crippen molar-refractivity contribution >= 4 is 16.9 Å². The summed E-state index contributed by atoms with van der Waals surface area (Å²) >= 11 is 1.90. The predicted octanol–water partition coefficient (Wildman–Crippen LogP) is 4.10. The predicted molar refractivity (Wildman–Crippen MR) is 60.1 cm³/mol. The summed E-state index contributed by atoms with van der Waals surface area (Å²) in [5, 5.41) is 0. The summed E-state index contributed by atoms with van der Waals surface area (Å²) in [4.78, 5) is 2.86. The monoisotopic (exact) mass is 190 g/mol. The molecule has 0 aliphatic heterocycles. The van der Waals surface area contributed by atoms with E-state index in [0.29, 0.717) is 0 Å². The Morgan fingerprint density at radius 3 is 2.62 bits per heavy atom. The van der Waals surface area contributed by atoms with Gasteiger partial charge in [0, 0.05) is 9.75 Å². The molecule has 0 fully saturated rings. The molecule has 0 atom stereocenters. The first-order chi connectivity index (χ1) is 6.27. The first-order valence-electron chi connectivity index (χ1n) is 4.71. The lowest BCUT2D eigenvalue weighted by Gasteiger charge is -2.03. The van der Waals surface area contributed by atoms with Gasteiger partial charge in [-0.2, -0.15) is 0 Å². The number of hydrogen-bond donors (Lipinski definition) is 0. The van der Waals surface area contributed by atoms with Crippen molar-refractivity contribution in [3.05, 3.63) is 39.6 Å². The van der Waals surface area contributed by atoms with Crippen molar-refractivity contribution in [1.82, 2.24) is 0 Å². The molecule has 13 heavy (non-hydrogen) atoms. The number of rotatable bonds is 1. The van der Waals surface area contributed by atoms with Crippen LogP contribution in [0.4, 0.5) is 0 Å². The van der Waals surface area contributed by atoms with E-state index in [1.165, 1.54) is 33.7 Å². The van der Waals surface area contributed by atoms with Crippen LogP contribution in [0.2, 0.25) is 0 Å². The topological polar surface area (TPSA) is 0 Å². The van der Waals surface area contributed by atoms with Gasteiger partial charge in [0.2, 0.25) is 0 Å². The molecule has 1 aromatic rings. The lowest BCUT2D eigenvalue weighted by molar-refractivity contribution is 1.04. The van der Waals surface area contributed by atoms with Crippen LogP contribution >= 0.6 is 11.3 Å². The van der Waals surface area contributed by atoms with Crippen LogP contribution in [0.15, 0.2) is 24.3 Å². The molecule has 1 aromatic heterocycles. The van der Waals surface area contributed by atoms with Crippen LogP contribution in [0, 0.1) is 13.8 Å². The zero-order chi connectivity index (χ0) is 9.26. The minimum atomic E-state index is 1.20. The van der Waals surface area contributed by atoms with Gasteiger partial charge in [0.05, 0.1) is 0 Å². The Morgan fingerprint density at radius 1 is 1.23 bits per heavy atom. The van der Waals surface area contributed by atoms with E-state index in [1.54, 1.807) is 0 Å². The number of thiophene rings is 1. The fourth-order valence-electron chi connectivity index (χ4n) is 1.51. The van der Waals surface area contributed by atoms with Crippen LogP contribution in [-0.2, 0) is 0 Å². The first-order valence-corrected chi connectivity index (χ1v) is 5.53. The minimum Gasteiger partial charge on any atom is -0.140 e. The average Bonchev–Trinajstić information content (AvgIpc) is 2.49. The van der Waals surface area contributed by atoms with Crippen LogP contribution in [0.25, 0.3) is 5.57 Å². The molecule has 1 aliphatic rings. The molecule has 0 bridgehead atoms. The number of allylic oxidation sites excluding steroid dienone is 4. The molecule has 0 unspecified atom stereocenters. The fourth-order valence-corrected chi connectivity index (χ4v) is 2.57. The highest BCUT2D eigenvalue weighted by Gasteiger charge is 2.05. The highest BCUT2D eigenvalue weighted by Crippen LogP contribution is 2.29. The molecule has 0 radical (unpaired) electrons. The van der Waals surface area contributed by atoms with Gasteiger partial charge in [0.1, 0.15) is 0 Å². The van der Waals surface area contributed by atoms with Crippen molar-refractivity contribution < 1.29 is 0 Å². The van der Waals surface area contributed by atoms with Gasteiger partial charge >= 0.3 is 0 Å². The average molecular weight is 190 g/mol. The first kappa shape index (κ1) is 8.76. The summed E-state index contributed by atoms with van der Waals surface area (Å²) in [6.45, 7) is 4.37. The van der Waals surface area contributed by atoms with Gasteiger partial charge in [0.15, 0.2) is 0 Å². The van der Waals surface area contributed by atoms with Gasteiger partial charge in [-0.3, -0.25) is 0 Å². The summed E-state index contributed by atoms with van der Waals surface area (Å²) in [5.74, 6) is 0. The van der Waals surface area contributed by atoms with Gasteiger partial charge < -0.3 is 0 Å². The Bertz CT molecular complexity index is 347. The van der Waals surface area contributed by atoms with Crippen LogP contribution in [0.1, 0.15) is 28.2 Å². The Labute approximate surface area is 83.6 Å². The lowest BCUT2D eigenvalue weighted by atomic mass is 10.1. The maximum Gasteiger partial charge on any atom is 0.0344 e. The third kappa shape index (κ3) is 1.75. The number of aryl methyl sites for hydroxylation is 2. The Kier molecular flexibility index (Phi) is 2.36. The maximum absolute atomic E-state index is 2.34. The Morgan fingerprint density at radius 2 is 2.08 bits per heavy atom. The quantitative estimate of drug-likeness (QED) is 0.625. The maximum atomic E-state index is 2.34. The summed E-state index contributed by atoms with van der Waals surface area (Å²) in [5.41, 5.74) is 2.83. The molecule has 0 amide bonds. The molecule has 0 saturated carbocycles. The second kappa shape index (κ2) is 3.51. The normalized spacial score (nSPS) is 16.0. The highest BCUT2D eigenvalue weighted by atomic mass is 32.1. The Balaban J connectivity index is 2.35. The van der Waals surface area contributed by atoms with Crippen molar-refractivity contribution in [3.63, 3.8) is 0 Å². The molecule has 1 heterocycles. The minimum absolute atomic E-state index is 1.20. The Hall–Kier alpha value is -0.820. The summed E-state index contributed by atoms with van der Waals surface area (Å²) < 4.78 is 0. The second-order valence-corrected chi connectivity index (χ2v) is 4.75. The molecule has 0 N–H and O–H groups in total. The lowest BCUT2D eigenvalue weighted by Crippen LogP contribution is -1.80. The number of hydrogen-bond acceptors (Lipinski definition) is 1. The van der Waals surface area contributed by atoms with E-state index in [9.17, 15) is 0 Å². The van der Waals surface area contributed by atoms with Gasteiger partial charge in [-0.25, -0.2) is 0 Å². The molecule has 0 spiro atoms. The van der Waals surface area contributed by atoms with Crippen molar-refractivity contribution in [1.29, 1.82) is 0 Å². The smallest absolute Gasteiger partial charge is 0.0344 e. The third-order valence-corrected chi connectivity index (χ3v) is 3.65. The molecular formula is C12H14S. The fraction of sp³-hybridized carbons (Fsp3) is 0.333. The van der Waals surface area contributed by atoms with Crippen LogP contribution in [-0.4, -0.2) is 0 Å². The standard InChI is InChI=1S/C12H14S/c1-9-8-12(13-10(9)2)11-6-4-3-5-7-11/h4,6-8H,3,5H2,1-2H3. The van der Waals surface area contributed by atoms with Crippen LogP contribution in [0.5, 0.6) is 0 Å². The van der Waals surface area contributed by atoms with E-state index >= 15 is 0 Å². The summed E-state index contributed by atoms with van der Waals surface area (Å²) in [6, 6.07) is 2.29. The van der Waals surface area contributed by atoms with E-state index in [-0.39, 0.29) is 0 Å². The summed E-state index contributed by atoms with van der Waals surface area (Å²) in [6.07, 6.45) is 9.24. The van der Waals surface area contributed by atoms with Gasteiger partial charge in [-0.15, -0.1) is 11.3 Å². The largest absolute Gasteiger partial charge is 0.140 e. The zero-order valence-electron chi connectivity index (χ0n) is 8.13. The van der Waals surface area contributed by atoms with Crippen molar-refractivity contribution in [3.8, 4) is 0 Å². The van der Waals surface area contributed by atoms with E-state index < -0.39 is 0 Å². The van der Waals surface area contributed by atoms with Crippen molar-refractivity contribution in [2.75, 3.05) is 0 Å². The van der Waals surface area contributed by atoms with Crippen molar-refractivity contribution in [2.24, 2.45) is 0 Å². The SMILES string of the molecule is Cc1cc(C2=CCCC=C2)sc1C. The molecule has 1 aliphatic carbocycles. The third-order valence-electron chi connectivity index (χ3n) is 2.45. The molecule has 0 aromatic carbocycles. The second-order valence-electron chi connectivity index (χ2n) is 3.49. The van der Waals surface area contributed by atoms with Crippen molar-refractivity contribution in [2.45, 2.75) is 26.7 Å². The molecule has 0 saturated heterocycles. The zero-order valence-corrected chi connectivity index (χ0v) is 8.95. The van der Waals surface area contributed by atoms with E-state index in [2.05, 4.69) is 38.1 Å². The van der Waals surface area contributed by atoms with E-state index in [4.69, 9.17) is 0 Å². The summed E-state index contributed by atoms with van der Waals surface area (Å²) in [7, 11) is 0. The van der Waals surface area contributed by atoms with Gasteiger partial charge in [-0.1, -0.05) is 18.2 Å². The molecule has 1 heteroatoms. The van der Waals surface area contributed by atoms with Crippen LogP contribution in [0.3, 0.4) is 0 Å². The molecule has 68 valence electrons. The van der Waals surface area contributed by atoms with Gasteiger partial charge in [-0.05, 0) is 43.9 Å². The van der Waals surface area contributed by atoms with E-state index in [1.807, 2.05) is 11.3 Å². The van der Waals surface area contributed by atoms with Crippen LogP contribution < -0.4 is 0 Å². The molecular weight excluding hydrogens is 176 g/mol. The molecule has 2 rings (SSSR count). The van der Waals surface area contributed by atoms with E-state index in [0.717, 1.165) is 0 Å². The molecule has 0 nitrogen and oxygen atoms in total. The van der Waals surface area contributed by atoms with Gasteiger partial charge in [0.25, 0.3) is 0 Å². The highest BCUT2D eigenvalue weighted by molar-refractivity contribution is 7.13.